The van der Waals surface area contributed by atoms with Gasteiger partial charge in [0.05, 0.1) is 13.0 Å². The summed E-state index contributed by atoms with van der Waals surface area (Å²) in [5.74, 6) is 1.57. The van der Waals surface area contributed by atoms with Gasteiger partial charge in [-0.2, -0.15) is 0 Å². The third-order valence-electron chi connectivity index (χ3n) is 3.34. The SMILES string of the molecule is COc1cc(Cl)cc(CCl)c1OCc1cc(C)ccc1C. The Morgan fingerprint density at radius 3 is 2.48 bits per heavy atom. The zero-order valence-electron chi connectivity index (χ0n) is 12.4. The van der Waals surface area contributed by atoms with Crippen molar-refractivity contribution in [3.63, 3.8) is 0 Å². The second kappa shape index (κ2) is 7.06. The average molecular weight is 325 g/mol. The van der Waals surface area contributed by atoms with Crippen LogP contribution in [0.5, 0.6) is 11.5 Å². The molecule has 2 aromatic rings. The molecule has 0 amide bonds. The van der Waals surface area contributed by atoms with Gasteiger partial charge in [-0.25, -0.2) is 0 Å². The summed E-state index contributed by atoms with van der Waals surface area (Å²) in [6, 6.07) is 9.84. The number of alkyl halides is 1. The van der Waals surface area contributed by atoms with Crippen LogP contribution in [0.3, 0.4) is 0 Å². The first-order chi connectivity index (χ1) is 10.0. The van der Waals surface area contributed by atoms with E-state index in [0.717, 1.165) is 11.1 Å². The van der Waals surface area contributed by atoms with Gasteiger partial charge in [-0.1, -0.05) is 35.4 Å². The number of halogens is 2. The number of benzene rings is 2. The van der Waals surface area contributed by atoms with Crippen molar-refractivity contribution in [2.45, 2.75) is 26.3 Å². The molecule has 0 aromatic heterocycles. The van der Waals surface area contributed by atoms with Gasteiger partial charge in [0.2, 0.25) is 0 Å². The predicted molar refractivity (Wildman–Crippen MR) is 87.8 cm³/mol. The zero-order valence-corrected chi connectivity index (χ0v) is 13.9. The molecule has 4 heteroatoms. The molecule has 21 heavy (non-hydrogen) atoms. The van der Waals surface area contributed by atoms with Gasteiger partial charge >= 0.3 is 0 Å². The molecule has 0 bridgehead atoms. The molecule has 0 radical (unpaired) electrons. The van der Waals surface area contributed by atoms with Crippen molar-refractivity contribution < 1.29 is 9.47 Å². The standard InChI is InChI=1S/C17H18Cl2O2/c1-11-4-5-12(2)14(6-11)10-21-17-13(9-18)7-15(19)8-16(17)20-3/h4-8H,9-10H2,1-3H3. The summed E-state index contributed by atoms with van der Waals surface area (Å²) < 4.78 is 11.3. The highest BCUT2D eigenvalue weighted by Crippen LogP contribution is 2.36. The second-order valence-corrected chi connectivity index (χ2v) is 5.65. The monoisotopic (exact) mass is 324 g/mol. The summed E-state index contributed by atoms with van der Waals surface area (Å²) in [5, 5.41) is 0.585. The van der Waals surface area contributed by atoms with E-state index in [1.165, 1.54) is 11.1 Å². The van der Waals surface area contributed by atoms with Gasteiger partial charge in [0.15, 0.2) is 11.5 Å². The highest BCUT2D eigenvalue weighted by Gasteiger charge is 2.13. The van der Waals surface area contributed by atoms with E-state index in [0.29, 0.717) is 29.0 Å². The molecule has 0 atom stereocenters. The molecule has 112 valence electrons. The summed E-state index contributed by atoms with van der Waals surface area (Å²) in [5.41, 5.74) is 4.37. The minimum Gasteiger partial charge on any atom is -0.493 e. The molecular formula is C17H18Cl2O2. The Morgan fingerprint density at radius 1 is 1.05 bits per heavy atom. The number of hydrogen-bond donors (Lipinski definition) is 0. The first-order valence-electron chi connectivity index (χ1n) is 6.66. The minimum absolute atomic E-state index is 0.319. The fourth-order valence-electron chi connectivity index (χ4n) is 2.14. The first-order valence-corrected chi connectivity index (χ1v) is 7.57. The fourth-order valence-corrected chi connectivity index (χ4v) is 2.57. The second-order valence-electron chi connectivity index (χ2n) is 4.95. The Labute approximate surface area is 135 Å². The van der Waals surface area contributed by atoms with Crippen LogP contribution in [0.4, 0.5) is 0 Å². The number of rotatable bonds is 5. The van der Waals surface area contributed by atoms with E-state index in [9.17, 15) is 0 Å². The maximum Gasteiger partial charge on any atom is 0.166 e. The largest absolute Gasteiger partial charge is 0.493 e. The highest BCUT2D eigenvalue weighted by molar-refractivity contribution is 6.31. The average Bonchev–Trinajstić information content (AvgIpc) is 2.48. The fraction of sp³-hybridized carbons (Fsp3) is 0.294. The molecule has 0 saturated carbocycles. The first kappa shape index (κ1) is 16.0. The zero-order chi connectivity index (χ0) is 15.4. The Kier molecular flexibility index (Phi) is 5.38. The van der Waals surface area contributed by atoms with Crippen LogP contribution in [0.1, 0.15) is 22.3 Å². The number of ether oxygens (including phenoxy) is 2. The molecule has 2 nitrogen and oxygen atoms in total. The van der Waals surface area contributed by atoms with Crippen LogP contribution in [0.2, 0.25) is 5.02 Å². The van der Waals surface area contributed by atoms with Crippen molar-refractivity contribution in [3.05, 3.63) is 57.6 Å². The lowest BCUT2D eigenvalue weighted by molar-refractivity contribution is 0.281. The molecule has 0 saturated heterocycles. The normalized spacial score (nSPS) is 10.5. The van der Waals surface area contributed by atoms with Crippen LogP contribution >= 0.6 is 23.2 Å². The molecule has 0 heterocycles. The Morgan fingerprint density at radius 2 is 1.81 bits per heavy atom. The topological polar surface area (TPSA) is 18.5 Å². The summed E-state index contributed by atoms with van der Waals surface area (Å²) in [7, 11) is 1.59. The van der Waals surface area contributed by atoms with Crippen LogP contribution in [0.15, 0.2) is 30.3 Å². The summed E-state index contributed by atoms with van der Waals surface area (Å²) in [6.45, 7) is 4.60. The van der Waals surface area contributed by atoms with Crippen LogP contribution in [0, 0.1) is 13.8 Å². The quantitative estimate of drug-likeness (QED) is 0.696. The van der Waals surface area contributed by atoms with Gasteiger partial charge < -0.3 is 9.47 Å². The van der Waals surface area contributed by atoms with Gasteiger partial charge in [0.1, 0.15) is 6.61 Å². The molecule has 0 N–H and O–H groups in total. The Balaban J connectivity index is 2.29. The van der Waals surface area contributed by atoms with Gasteiger partial charge in [-0.3, -0.25) is 0 Å². The molecular weight excluding hydrogens is 307 g/mol. The third kappa shape index (κ3) is 3.84. The van der Waals surface area contributed by atoms with Crippen molar-refractivity contribution >= 4 is 23.2 Å². The van der Waals surface area contributed by atoms with E-state index in [2.05, 4.69) is 32.0 Å². The summed E-state index contributed by atoms with van der Waals surface area (Å²) in [4.78, 5) is 0. The molecule has 0 aliphatic heterocycles. The van der Waals surface area contributed by atoms with Crippen LogP contribution in [0.25, 0.3) is 0 Å². The molecule has 0 aliphatic rings. The van der Waals surface area contributed by atoms with E-state index in [1.807, 2.05) is 0 Å². The smallest absolute Gasteiger partial charge is 0.166 e. The lowest BCUT2D eigenvalue weighted by Gasteiger charge is -2.16. The summed E-state index contributed by atoms with van der Waals surface area (Å²) >= 11 is 12.0. The van der Waals surface area contributed by atoms with E-state index < -0.39 is 0 Å². The van der Waals surface area contributed by atoms with E-state index in [1.54, 1.807) is 19.2 Å². The Hall–Kier alpha value is -1.38. The predicted octanol–water partition coefficient (Wildman–Crippen LogP) is 5.28. The van der Waals surface area contributed by atoms with E-state index in [4.69, 9.17) is 32.7 Å². The van der Waals surface area contributed by atoms with Crippen molar-refractivity contribution in [2.24, 2.45) is 0 Å². The molecule has 0 spiro atoms. The van der Waals surface area contributed by atoms with Crippen molar-refractivity contribution in [1.29, 1.82) is 0 Å². The maximum atomic E-state index is 6.05. The van der Waals surface area contributed by atoms with Crippen molar-refractivity contribution in [1.82, 2.24) is 0 Å². The maximum absolute atomic E-state index is 6.05. The van der Waals surface area contributed by atoms with Crippen molar-refractivity contribution in [3.8, 4) is 11.5 Å². The van der Waals surface area contributed by atoms with Crippen LogP contribution < -0.4 is 9.47 Å². The van der Waals surface area contributed by atoms with Gasteiger partial charge in [-0.05, 0) is 31.0 Å². The lowest BCUT2D eigenvalue weighted by Crippen LogP contribution is -2.02. The molecule has 0 aliphatic carbocycles. The summed E-state index contributed by atoms with van der Waals surface area (Å²) in [6.07, 6.45) is 0. The number of methoxy groups -OCH3 is 1. The Bertz CT molecular complexity index is 614. The highest BCUT2D eigenvalue weighted by atomic mass is 35.5. The lowest BCUT2D eigenvalue weighted by atomic mass is 10.1. The van der Waals surface area contributed by atoms with Crippen LogP contribution in [-0.2, 0) is 12.5 Å². The molecule has 2 rings (SSSR count). The van der Waals surface area contributed by atoms with Crippen molar-refractivity contribution in [2.75, 3.05) is 7.11 Å². The molecule has 0 fully saturated rings. The number of hydrogen-bond acceptors (Lipinski definition) is 2. The van der Waals surface area contributed by atoms with Crippen LogP contribution in [-0.4, -0.2) is 7.11 Å². The van der Waals surface area contributed by atoms with Gasteiger partial charge in [-0.15, -0.1) is 11.6 Å². The minimum atomic E-state index is 0.319. The molecule has 2 aromatic carbocycles. The molecule has 0 unspecified atom stereocenters. The van der Waals surface area contributed by atoms with Gasteiger partial charge in [0, 0.05) is 16.7 Å². The van der Waals surface area contributed by atoms with E-state index >= 15 is 0 Å². The van der Waals surface area contributed by atoms with E-state index in [-0.39, 0.29) is 0 Å². The van der Waals surface area contributed by atoms with Gasteiger partial charge in [0.25, 0.3) is 0 Å². The number of aryl methyl sites for hydroxylation is 2. The third-order valence-corrected chi connectivity index (χ3v) is 3.84.